The first-order chi connectivity index (χ1) is 8.49. The summed E-state index contributed by atoms with van der Waals surface area (Å²) in [5.41, 5.74) is 3.25. The van der Waals surface area contributed by atoms with Crippen LogP contribution >= 0.6 is 7.80 Å². The largest absolute Gasteiger partial charge is 0.317 e. The van der Waals surface area contributed by atoms with E-state index in [0.717, 1.165) is 16.4 Å². The third kappa shape index (κ3) is 2.54. The Balaban J connectivity index is 2.49. The first-order valence-electron chi connectivity index (χ1n) is 5.87. The number of aryl methyl sites for hydroxylation is 3. The Morgan fingerprint density at radius 2 is 1.44 bits per heavy atom. The Hall–Kier alpha value is -1.40. The summed E-state index contributed by atoms with van der Waals surface area (Å²) in [6.07, 6.45) is 0. The molecule has 2 aromatic carbocycles. The summed E-state index contributed by atoms with van der Waals surface area (Å²) in [4.78, 5) is 0. The zero-order valence-corrected chi connectivity index (χ0v) is 11.8. The van der Waals surface area contributed by atoms with Crippen molar-refractivity contribution in [3.05, 3.63) is 58.9 Å². The molecule has 0 N–H and O–H groups in total. The van der Waals surface area contributed by atoms with Crippen LogP contribution in [0.25, 0.3) is 0 Å². The van der Waals surface area contributed by atoms with Crippen molar-refractivity contribution < 1.29 is 8.96 Å². The summed E-state index contributed by atoms with van der Waals surface area (Å²) in [6.45, 7) is 5.97. The minimum atomic E-state index is -2.05. The molecular weight excluding hydrogens is 246 g/mol. The predicted molar refractivity (Wildman–Crippen MR) is 75.3 cm³/mol. The van der Waals surface area contributed by atoms with Crippen LogP contribution in [0.1, 0.15) is 16.7 Å². The van der Waals surface area contributed by atoms with Gasteiger partial charge in [0.2, 0.25) is 0 Å². The van der Waals surface area contributed by atoms with E-state index < -0.39 is 7.80 Å². The fourth-order valence-corrected chi connectivity index (χ4v) is 3.90. The lowest BCUT2D eigenvalue weighted by molar-refractivity contribution is 0.598. The van der Waals surface area contributed by atoms with Crippen molar-refractivity contribution >= 4 is 18.4 Å². The monoisotopic (exact) mass is 262 g/mol. The van der Waals surface area contributed by atoms with Gasteiger partial charge in [-0.15, -0.1) is 0 Å². The zero-order chi connectivity index (χ0) is 13.3. The summed E-state index contributed by atoms with van der Waals surface area (Å²) >= 11 is 0. The summed E-state index contributed by atoms with van der Waals surface area (Å²) in [7, 11) is -2.05. The molecule has 0 bridgehead atoms. The van der Waals surface area contributed by atoms with Gasteiger partial charge in [0.05, 0.1) is 0 Å². The normalized spacial score (nSPS) is 12.4. The van der Waals surface area contributed by atoms with Crippen molar-refractivity contribution in [3.8, 4) is 0 Å². The molecule has 0 saturated heterocycles. The molecule has 0 fully saturated rings. The molecule has 0 spiro atoms. The van der Waals surface area contributed by atoms with Crippen molar-refractivity contribution in [3.63, 3.8) is 0 Å². The Morgan fingerprint density at radius 1 is 0.944 bits per heavy atom. The van der Waals surface area contributed by atoms with E-state index in [1.807, 2.05) is 32.9 Å². The maximum Gasteiger partial charge on any atom is 0.132 e. The second kappa shape index (κ2) is 5.07. The molecule has 0 heterocycles. The molecule has 1 nitrogen and oxygen atoms in total. The van der Waals surface area contributed by atoms with E-state index in [2.05, 4.69) is 0 Å². The molecule has 0 aliphatic heterocycles. The topological polar surface area (TPSA) is 17.1 Å². The average molecular weight is 262 g/mol. The van der Waals surface area contributed by atoms with Gasteiger partial charge in [-0.2, -0.15) is 0 Å². The van der Waals surface area contributed by atoms with Gasteiger partial charge in [0.25, 0.3) is 0 Å². The first-order valence-corrected chi connectivity index (χ1v) is 7.28. The molecule has 1 atom stereocenters. The first kappa shape index (κ1) is 13.0. The third-order valence-electron chi connectivity index (χ3n) is 3.01. The molecule has 0 amide bonds. The highest BCUT2D eigenvalue weighted by atomic mass is 31.1. The molecule has 3 heteroatoms. The van der Waals surface area contributed by atoms with Gasteiger partial charge in [-0.3, -0.25) is 0 Å². The third-order valence-corrected chi connectivity index (χ3v) is 5.11. The maximum atomic E-state index is 12.9. The van der Waals surface area contributed by atoms with Gasteiger partial charge in [-0.25, -0.2) is 4.39 Å². The number of hydrogen-bond donors (Lipinski definition) is 0. The van der Waals surface area contributed by atoms with Gasteiger partial charge in [0, 0.05) is 10.6 Å². The quantitative estimate of drug-likeness (QED) is 0.759. The highest BCUT2D eigenvalue weighted by Gasteiger charge is 2.13. The van der Waals surface area contributed by atoms with E-state index in [-0.39, 0.29) is 5.82 Å². The van der Waals surface area contributed by atoms with Crippen molar-refractivity contribution in [2.24, 2.45) is 0 Å². The van der Waals surface area contributed by atoms with Crippen molar-refractivity contribution in [2.45, 2.75) is 20.8 Å². The van der Waals surface area contributed by atoms with Crippen LogP contribution in [0.4, 0.5) is 4.39 Å². The maximum absolute atomic E-state index is 12.9. The Morgan fingerprint density at radius 3 is 1.94 bits per heavy atom. The second-order valence-electron chi connectivity index (χ2n) is 4.61. The van der Waals surface area contributed by atoms with Crippen LogP contribution in [0.15, 0.2) is 36.4 Å². The molecule has 0 aliphatic rings. The lowest BCUT2D eigenvalue weighted by atomic mass is 10.1. The highest BCUT2D eigenvalue weighted by molar-refractivity contribution is 7.61. The summed E-state index contributed by atoms with van der Waals surface area (Å²) in [5.74, 6) is -0.300. The lowest BCUT2D eigenvalue weighted by Crippen LogP contribution is -2.13. The zero-order valence-electron chi connectivity index (χ0n) is 10.8. The summed E-state index contributed by atoms with van der Waals surface area (Å²) < 4.78 is 25.4. The molecular formula is C15H16FOP. The Kier molecular flexibility index (Phi) is 3.68. The molecule has 0 saturated carbocycles. The van der Waals surface area contributed by atoms with Crippen LogP contribution in [0.2, 0.25) is 0 Å². The van der Waals surface area contributed by atoms with E-state index >= 15 is 0 Å². The summed E-state index contributed by atoms with van der Waals surface area (Å²) in [6, 6.07) is 10.0. The lowest BCUT2D eigenvalue weighted by Gasteiger charge is -2.11. The van der Waals surface area contributed by atoms with Gasteiger partial charge >= 0.3 is 0 Å². The standard InChI is InChI=1S/C15H16FOP/c1-10-8-11(2)15(12(3)9-10)18(17)14-6-4-13(16)5-7-14/h4-9,18H,1-3H3. The Bertz CT molecular complexity index is 579. The highest BCUT2D eigenvalue weighted by Crippen LogP contribution is 2.24. The van der Waals surface area contributed by atoms with E-state index in [1.165, 1.54) is 17.7 Å². The minimum Gasteiger partial charge on any atom is -0.317 e. The van der Waals surface area contributed by atoms with Crippen molar-refractivity contribution in [1.29, 1.82) is 0 Å². The van der Waals surface area contributed by atoms with Crippen molar-refractivity contribution in [1.82, 2.24) is 0 Å². The van der Waals surface area contributed by atoms with Crippen LogP contribution in [-0.2, 0) is 4.57 Å². The fraction of sp³-hybridized carbons (Fsp3) is 0.200. The van der Waals surface area contributed by atoms with Crippen LogP contribution in [0, 0.1) is 26.6 Å². The molecule has 94 valence electrons. The smallest absolute Gasteiger partial charge is 0.132 e. The molecule has 2 rings (SSSR count). The van der Waals surface area contributed by atoms with Crippen LogP contribution in [0.3, 0.4) is 0 Å². The van der Waals surface area contributed by atoms with E-state index in [1.54, 1.807) is 12.1 Å². The predicted octanol–water partition coefficient (Wildman–Crippen LogP) is 3.26. The van der Waals surface area contributed by atoms with Gasteiger partial charge in [0.15, 0.2) is 0 Å². The average Bonchev–Trinajstić information content (AvgIpc) is 2.28. The van der Waals surface area contributed by atoms with Crippen LogP contribution < -0.4 is 10.6 Å². The number of halogens is 1. The van der Waals surface area contributed by atoms with Gasteiger partial charge in [-0.05, 0) is 56.2 Å². The van der Waals surface area contributed by atoms with Crippen LogP contribution in [0.5, 0.6) is 0 Å². The number of benzene rings is 2. The number of rotatable bonds is 2. The molecule has 0 aromatic heterocycles. The molecule has 0 radical (unpaired) electrons. The van der Waals surface area contributed by atoms with E-state index in [0.29, 0.717) is 5.30 Å². The van der Waals surface area contributed by atoms with Gasteiger partial charge in [0.1, 0.15) is 13.6 Å². The number of hydrogen-bond acceptors (Lipinski definition) is 1. The van der Waals surface area contributed by atoms with Gasteiger partial charge < -0.3 is 4.57 Å². The van der Waals surface area contributed by atoms with Crippen LogP contribution in [-0.4, -0.2) is 0 Å². The second-order valence-corrected chi connectivity index (χ2v) is 6.35. The molecule has 1 unspecified atom stereocenters. The Labute approximate surface area is 107 Å². The molecule has 0 aliphatic carbocycles. The molecule has 2 aromatic rings. The van der Waals surface area contributed by atoms with Gasteiger partial charge in [-0.1, -0.05) is 17.7 Å². The van der Waals surface area contributed by atoms with E-state index in [9.17, 15) is 8.96 Å². The molecule has 18 heavy (non-hydrogen) atoms. The fourth-order valence-electron chi connectivity index (χ4n) is 2.28. The minimum absolute atomic E-state index is 0.300. The van der Waals surface area contributed by atoms with Crippen molar-refractivity contribution in [2.75, 3.05) is 0 Å². The van der Waals surface area contributed by atoms with E-state index in [4.69, 9.17) is 0 Å². The summed E-state index contributed by atoms with van der Waals surface area (Å²) in [5, 5.41) is 1.61. The SMILES string of the molecule is Cc1cc(C)c([PH](=O)c2ccc(F)cc2)c(C)c1.